The number of hydrogen-bond acceptors (Lipinski definition) is 5. The average molecular weight is 431 g/mol. The molecule has 160 valence electrons. The van der Waals surface area contributed by atoms with Crippen LogP contribution in [0.3, 0.4) is 0 Å². The van der Waals surface area contributed by atoms with E-state index in [4.69, 9.17) is 4.74 Å². The van der Waals surface area contributed by atoms with Gasteiger partial charge in [0.1, 0.15) is 11.4 Å². The average Bonchev–Trinajstić information content (AvgIpc) is 3.47. The molecule has 0 radical (unpaired) electrons. The fourth-order valence-electron chi connectivity index (χ4n) is 4.38. The number of aromatic nitrogens is 2. The van der Waals surface area contributed by atoms with Crippen molar-refractivity contribution in [3.8, 4) is 0 Å². The third kappa shape index (κ3) is 3.55. The smallest absolute Gasteiger partial charge is 0.251 e. The van der Waals surface area contributed by atoms with E-state index >= 15 is 0 Å². The van der Waals surface area contributed by atoms with Crippen molar-refractivity contribution in [2.75, 3.05) is 19.6 Å². The number of sulfonamides is 1. The molecule has 3 heterocycles. The molecule has 1 spiro atoms. The number of nitrogens with zero attached hydrogens (tertiary/aromatic N) is 3. The number of ether oxygens (including phenoxy) is 1. The van der Waals surface area contributed by atoms with Crippen LogP contribution in [0.1, 0.15) is 31.5 Å². The summed E-state index contributed by atoms with van der Waals surface area (Å²) in [6, 6.07) is 8.48. The van der Waals surface area contributed by atoms with Crippen molar-refractivity contribution in [1.29, 1.82) is 0 Å². The molecule has 1 atom stereocenters. The van der Waals surface area contributed by atoms with Gasteiger partial charge in [-0.05, 0) is 43.7 Å². The molecule has 2 fully saturated rings. The summed E-state index contributed by atoms with van der Waals surface area (Å²) >= 11 is 0. The predicted octanol–water partition coefficient (Wildman–Crippen LogP) is 1.49. The number of hydrogen-bond donors (Lipinski definition) is 1. The van der Waals surface area contributed by atoms with E-state index in [1.54, 1.807) is 36.5 Å². The minimum absolute atomic E-state index is 0.0973. The lowest BCUT2D eigenvalue weighted by Gasteiger charge is -2.45. The molecular weight excluding hydrogens is 404 g/mol. The maximum absolute atomic E-state index is 13.0. The first kappa shape index (κ1) is 19.7. The van der Waals surface area contributed by atoms with Gasteiger partial charge in [-0.2, -0.15) is 4.31 Å². The van der Waals surface area contributed by atoms with Crippen LogP contribution in [0.4, 0.5) is 0 Å². The first-order chi connectivity index (χ1) is 14.5. The highest BCUT2D eigenvalue weighted by molar-refractivity contribution is 7.89. The first-order valence-electron chi connectivity index (χ1n) is 10.5. The number of imidazole rings is 1. The van der Waals surface area contributed by atoms with Crippen LogP contribution in [0.5, 0.6) is 0 Å². The van der Waals surface area contributed by atoms with E-state index in [0.29, 0.717) is 49.8 Å². The molecular formula is C21H26N4O4S. The van der Waals surface area contributed by atoms with Gasteiger partial charge in [0.2, 0.25) is 10.0 Å². The van der Waals surface area contributed by atoms with Gasteiger partial charge in [0.15, 0.2) is 6.10 Å². The number of rotatable bonds is 5. The maximum Gasteiger partial charge on any atom is 0.251 e. The Kier molecular flexibility index (Phi) is 4.91. The van der Waals surface area contributed by atoms with Crippen molar-refractivity contribution in [2.45, 2.75) is 48.8 Å². The number of nitrogens with one attached hydrogen (secondary N) is 1. The molecule has 0 unspecified atom stereocenters. The summed E-state index contributed by atoms with van der Waals surface area (Å²) in [6.45, 7) is 1.77. The Balaban J connectivity index is 1.33. The van der Waals surface area contributed by atoms with Crippen molar-refractivity contribution in [3.05, 3.63) is 48.5 Å². The van der Waals surface area contributed by atoms with Crippen LogP contribution < -0.4 is 5.32 Å². The minimum atomic E-state index is -3.55. The number of carbonyl (C=O) groups is 1. The molecule has 1 aromatic carbocycles. The first-order valence-corrected chi connectivity index (χ1v) is 11.9. The highest BCUT2D eigenvalue weighted by Crippen LogP contribution is 2.41. The fraction of sp³-hybridized carbons (Fsp3) is 0.524. The number of carbonyl (C=O) groups excluding carboxylic acids is 1. The predicted molar refractivity (Wildman–Crippen MR) is 109 cm³/mol. The Bertz CT molecular complexity index is 1020. The Morgan fingerprint density at radius 3 is 2.63 bits per heavy atom. The topological polar surface area (TPSA) is 93.5 Å². The second-order valence-corrected chi connectivity index (χ2v) is 10.3. The van der Waals surface area contributed by atoms with Gasteiger partial charge in [-0.25, -0.2) is 13.4 Å². The molecule has 9 heteroatoms. The van der Waals surface area contributed by atoms with Crippen molar-refractivity contribution in [3.63, 3.8) is 0 Å². The SMILES string of the molecule is O=C(NCC1CC1)[C@@H]1Cn2ccnc2C2(CCN(S(=O)(=O)c3ccccc3)CC2)O1. The van der Waals surface area contributed by atoms with Crippen LogP contribution in [-0.2, 0) is 31.7 Å². The van der Waals surface area contributed by atoms with E-state index in [1.807, 2.05) is 10.8 Å². The molecule has 1 amide bonds. The van der Waals surface area contributed by atoms with E-state index in [0.717, 1.165) is 5.82 Å². The third-order valence-electron chi connectivity index (χ3n) is 6.32. The molecule has 2 aliphatic heterocycles. The monoisotopic (exact) mass is 430 g/mol. The van der Waals surface area contributed by atoms with Gasteiger partial charge in [0.25, 0.3) is 5.91 Å². The largest absolute Gasteiger partial charge is 0.354 e. The minimum Gasteiger partial charge on any atom is -0.354 e. The Morgan fingerprint density at radius 1 is 1.20 bits per heavy atom. The summed E-state index contributed by atoms with van der Waals surface area (Å²) in [6.07, 6.45) is 6.26. The molecule has 1 aromatic heterocycles. The summed E-state index contributed by atoms with van der Waals surface area (Å²) in [5, 5.41) is 3.01. The molecule has 0 bridgehead atoms. The lowest BCUT2D eigenvalue weighted by atomic mass is 9.89. The number of fused-ring (bicyclic) bond motifs is 2. The summed E-state index contributed by atoms with van der Waals surface area (Å²) in [5.41, 5.74) is -0.744. The lowest BCUT2D eigenvalue weighted by molar-refractivity contribution is -0.170. The zero-order chi connectivity index (χ0) is 20.8. The number of piperidine rings is 1. The molecule has 1 N–H and O–H groups in total. The van der Waals surface area contributed by atoms with Crippen LogP contribution in [0.2, 0.25) is 0 Å². The Labute approximate surface area is 176 Å². The number of benzene rings is 1. The summed E-state index contributed by atoms with van der Waals surface area (Å²) < 4.78 is 35.8. The van der Waals surface area contributed by atoms with Crippen molar-refractivity contribution in [1.82, 2.24) is 19.2 Å². The molecule has 3 aliphatic rings. The lowest BCUT2D eigenvalue weighted by Crippen LogP contribution is -2.54. The molecule has 2 aromatic rings. The van der Waals surface area contributed by atoms with E-state index < -0.39 is 21.7 Å². The van der Waals surface area contributed by atoms with Gasteiger partial charge in [-0.1, -0.05) is 18.2 Å². The number of amides is 1. The van der Waals surface area contributed by atoms with E-state index in [9.17, 15) is 13.2 Å². The molecule has 1 aliphatic carbocycles. The van der Waals surface area contributed by atoms with Crippen LogP contribution in [-0.4, -0.2) is 53.9 Å². The van der Waals surface area contributed by atoms with E-state index in [1.165, 1.54) is 17.1 Å². The van der Waals surface area contributed by atoms with Gasteiger partial charge in [-0.15, -0.1) is 0 Å². The molecule has 8 nitrogen and oxygen atoms in total. The highest BCUT2D eigenvalue weighted by atomic mass is 32.2. The standard InChI is InChI=1S/C21H26N4O4S/c26-19(23-14-16-6-7-16)18-15-24-13-10-22-20(24)21(29-18)8-11-25(12-9-21)30(27,28)17-4-2-1-3-5-17/h1-5,10,13,16,18H,6-9,11-12,14-15H2,(H,23,26)/t18-/m0/s1. The van der Waals surface area contributed by atoms with E-state index in [-0.39, 0.29) is 5.91 Å². The Morgan fingerprint density at radius 2 is 1.93 bits per heavy atom. The van der Waals surface area contributed by atoms with Gasteiger partial charge >= 0.3 is 0 Å². The molecule has 1 saturated heterocycles. The highest BCUT2D eigenvalue weighted by Gasteiger charge is 2.48. The zero-order valence-corrected chi connectivity index (χ0v) is 17.6. The van der Waals surface area contributed by atoms with Crippen molar-refractivity contribution < 1.29 is 17.9 Å². The maximum atomic E-state index is 13.0. The van der Waals surface area contributed by atoms with Crippen LogP contribution >= 0.6 is 0 Å². The molecule has 1 saturated carbocycles. The van der Waals surface area contributed by atoms with Crippen molar-refractivity contribution >= 4 is 15.9 Å². The van der Waals surface area contributed by atoms with Crippen LogP contribution in [0.15, 0.2) is 47.6 Å². The van der Waals surface area contributed by atoms with Gasteiger partial charge in [-0.3, -0.25) is 4.79 Å². The third-order valence-corrected chi connectivity index (χ3v) is 8.23. The summed E-state index contributed by atoms with van der Waals surface area (Å²) in [4.78, 5) is 17.5. The van der Waals surface area contributed by atoms with E-state index in [2.05, 4.69) is 10.3 Å². The van der Waals surface area contributed by atoms with Gasteiger partial charge in [0.05, 0.1) is 11.4 Å². The second-order valence-electron chi connectivity index (χ2n) is 8.41. The van der Waals surface area contributed by atoms with Gasteiger partial charge < -0.3 is 14.6 Å². The van der Waals surface area contributed by atoms with Crippen LogP contribution in [0.25, 0.3) is 0 Å². The van der Waals surface area contributed by atoms with Gasteiger partial charge in [0, 0.05) is 32.0 Å². The second kappa shape index (κ2) is 7.47. The molecule has 5 rings (SSSR count). The normalized spacial score (nSPS) is 23.8. The van der Waals surface area contributed by atoms with Crippen LogP contribution in [0, 0.1) is 5.92 Å². The molecule has 30 heavy (non-hydrogen) atoms. The summed E-state index contributed by atoms with van der Waals surface area (Å²) in [7, 11) is -3.55. The quantitative estimate of drug-likeness (QED) is 0.776. The summed E-state index contributed by atoms with van der Waals surface area (Å²) in [5.74, 6) is 1.28. The fourth-order valence-corrected chi connectivity index (χ4v) is 5.85. The zero-order valence-electron chi connectivity index (χ0n) is 16.7. The Hall–Kier alpha value is -2.23. The van der Waals surface area contributed by atoms with Crippen molar-refractivity contribution in [2.24, 2.45) is 5.92 Å².